The van der Waals surface area contributed by atoms with Crippen molar-refractivity contribution in [1.29, 1.82) is 0 Å². The van der Waals surface area contributed by atoms with Gasteiger partial charge in [0.05, 0.1) is 6.54 Å². The molecule has 0 aromatic carbocycles. The number of thiophene rings is 1. The molecule has 2 N–H and O–H groups in total. The summed E-state index contributed by atoms with van der Waals surface area (Å²) in [6.45, 7) is 2.61. The second kappa shape index (κ2) is 6.09. The van der Waals surface area contributed by atoms with Crippen LogP contribution in [0, 0.1) is 11.8 Å². The van der Waals surface area contributed by atoms with Crippen molar-refractivity contribution in [2.75, 3.05) is 12.3 Å². The molecule has 0 unspecified atom stereocenters. The summed E-state index contributed by atoms with van der Waals surface area (Å²) in [4.78, 5) is 1.40. The molecule has 13 heavy (non-hydrogen) atoms. The number of hydrogen-bond acceptors (Lipinski definition) is 3. The third-order valence-electron chi connectivity index (χ3n) is 1.44. The Hall–Kier alpha value is -0.430. The van der Waals surface area contributed by atoms with Crippen molar-refractivity contribution in [2.45, 2.75) is 12.7 Å². The van der Waals surface area contributed by atoms with Crippen LogP contribution in [0.4, 0.5) is 0 Å². The van der Waals surface area contributed by atoms with E-state index in [0.29, 0.717) is 6.54 Å². The summed E-state index contributed by atoms with van der Waals surface area (Å²) in [5.41, 5.74) is 6.39. The van der Waals surface area contributed by atoms with Crippen LogP contribution in [0.1, 0.15) is 17.4 Å². The molecule has 70 valence electrons. The first kappa shape index (κ1) is 10.6. The second-order valence-corrected chi connectivity index (χ2v) is 4.71. The Kier molecular flexibility index (Phi) is 4.99. The van der Waals surface area contributed by atoms with Gasteiger partial charge < -0.3 is 5.73 Å². The molecule has 0 aliphatic carbocycles. The first-order chi connectivity index (χ1) is 6.36. The number of nitrogens with two attached hydrogens (primary N) is 1. The van der Waals surface area contributed by atoms with Crippen LogP contribution in [0.15, 0.2) is 11.4 Å². The van der Waals surface area contributed by atoms with Crippen molar-refractivity contribution >= 4 is 23.1 Å². The van der Waals surface area contributed by atoms with Crippen LogP contribution in [0.25, 0.3) is 0 Å². The van der Waals surface area contributed by atoms with Crippen LogP contribution in [0.5, 0.6) is 0 Å². The summed E-state index contributed by atoms with van der Waals surface area (Å²) >= 11 is 3.71. The lowest BCUT2D eigenvalue weighted by Crippen LogP contribution is -1.92. The quantitative estimate of drug-likeness (QED) is 0.776. The number of thioether (sulfide) groups is 1. The normalized spacial score (nSPS) is 9.38. The Bertz CT molecular complexity index is 306. The lowest BCUT2D eigenvalue weighted by atomic mass is 10.3. The molecule has 0 radical (unpaired) electrons. The highest BCUT2D eigenvalue weighted by molar-refractivity contribution is 7.98. The fourth-order valence-corrected chi connectivity index (χ4v) is 2.49. The van der Waals surface area contributed by atoms with Gasteiger partial charge in [0.15, 0.2) is 0 Å². The average molecular weight is 211 g/mol. The standard InChI is InChI=1S/C10H13NS2/c1-2-12-8-10-6-9(7-13-10)4-3-5-11/h6-7H,2,5,8,11H2,1H3. The summed E-state index contributed by atoms with van der Waals surface area (Å²) in [6.07, 6.45) is 0. The minimum absolute atomic E-state index is 0.439. The van der Waals surface area contributed by atoms with Gasteiger partial charge >= 0.3 is 0 Å². The molecular formula is C10H13NS2. The monoisotopic (exact) mass is 211 g/mol. The van der Waals surface area contributed by atoms with Crippen LogP contribution in [0.3, 0.4) is 0 Å². The molecule has 0 saturated carbocycles. The van der Waals surface area contributed by atoms with Gasteiger partial charge in [-0.25, -0.2) is 0 Å². The molecule has 1 nitrogen and oxygen atoms in total. The van der Waals surface area contributed by atoms with Crippen molar-refractivity contribution in [3.8, 4) is 11.8 Å². The first-order valence-corrected chi connectivity index (χ1v) is 6.24. The Morgan fingerprint density at radius 3 is 3.15 bits per heavy atom. The van der Waals surface area contributed by atoms with E-state index < -0.39 is 0 Å². The smallest absolute Gasteiger partial charge is 0.0555 e. The zero-order valence-electron chi connectivity index (χ0n) is 7.67. The molecule has 1 aromatic rings. The molecule has 0 fully saturated rings. The Morgan fingerprint density at radius 2 is 2.46 bits per heavy atom. The predicted octanol–water partition coefficient (Wildman–Crippen LogP) is 2.31. The molecule has 0 bridgehead atoms. The van der Waals surface area contributed by atoms with Crippen molar-refractivity contribution in [2.24, 2.45) is 5.73 Å². The Morgan fingerprint density at radius 1 is 1.62 bits per heavy atom. The highest BCUT2D eigenvalue weighted by Gasteiger charge is 1.96. The molecule has 0 aliphatic heterocycles. The van der Waals surface area contributed by atoms with Crippen LogP contribution < -0.4 is 5.73 Å². The van der Waals surface area contributed by atoms with Gasteiger partial charge in [0.1, 0.15) is 0 Å². The fourth-order valence-electron chi connectivity index (χ4n) is 0.878. The van der Waals surface area contributed by atoms with E-state index in [1.165, 1.54) is 10.6 Å². The second-order valence-electron chi connectivity index (χ2n) is 2.44. The number of hydrogen-bond donors (Lipinski definition) is 1. The SMILES string of the molecule is CCSCc1cc(C#CCN)cs1. The molecule has 1 heterocycles. The molecule has 1 rings (SSSR count). The molecule has 0 saturated heterocycles. The van der Waals surface area contributed by atoms with Gasteiger partial charge in [-0.05, 0) is 11.8 Å². The maximum absolute atomic E-state index is 5.29. The zero-order chi connectivity index (χ0) is 9.52. The minimum Gasteiger partial charge on any atom is -0.320 e. The lowest BCUT2D eigenvalue weighted by molar-refractivity contribution is 1.30. The summed E-state index contributed by atoms with van der Waals surface area (Å²) in [6, 6.07) is 2.15. The van der Waals surface area contributed by atoms with Crippen molar-refractivity contribution in [3.63, 3.8) is 0 Å². The highest BCUT2D eigenvalue weighted by atomic mass is 32.2. The lowest BCUT2D eigenvalue weighted by Gasteiger charge is -1.91. The molecule has 0 amide bonds. The van der Waals surface area contributed by atoms with Crippen molar-refractivity contribution in [3.05, 3.63) is 21.9 Å². The van der Waals surface area contributed by atoms with E-state index in [0.717, 1.165) is 11.3 Å². The third kappa shape index (κ3) is 3.86. The van der Waals surface area contributed by atoms with E-state index in [-0.39, 0.29) is 0 Å². The van der Waals surface area contributed by atoms with E-state index in [1.807, 2.05) is 11.8 Å². The Balaban J connectivity index is 2.53. The van der Waals surface area contributed by atoms with E-state index in [2.05, 4.69) is 30.2 Å². The molecule has 0 atom stereocenters. The summed E-state index contributed by atoms with van der Waals surface area (Å²) < 4.78 is 0. The van der Waals surface area contributed by atoms with Crippen molar-refractivity contribution in [1.82, 2.24) is 0 Å². The highest BCUT2D eigenvalue weighted by Crippen LogP contribution is 2.19. The van der Waals surface area contributed by atoms with Gasteiger partial charge in [0, 0.05) is 21.6 Å². The molecule has 3 heteroatoms. The van der Waals surface area contributed by atoms with E-state index >= 15 is 0 Å². The zero-order valence-corrected chi connectivity index (χ0v) is 9.30. The van der Waals surface area contributed by atoms with Crippen LogP contribution in [0.2, 0.25) is 0 Å². The van der Waals surface area contributed by atoms with Gasteiger partial charge in [-0.15, -0.1) is 11.3 Å². The topological polar surface area (TPSA) is 26.0 Å². The maximum Gasteiger partial charge on any atom is 0.0555 e. The molecule has 0 spiro atoms. The van der Waals surface area contributed by atoms with Gasteiger partial charge in [0.25, 0.3) is 0 Å². The first-order valence-electron chi connectivity index (χ1n) is 4.21. The van der Waals surface area contributed by atoms with E-state index in [1.54, 1.807) is 11.3 Å². The van der Waals surface area contributed by atoms with Gasteiger partial charge in [-0.1, -0.05) is 18.8 Å². The molecule has 0 aliphatic rings. The minimum atomic E-state index is 0.439. The van der Waals surface area contributed by atoms with Crippen LogP contribution >= 0.6 is 23.1 Å². The predicted molar refractivity (Wildman–Crippen MR) is 62.1 cm³/mol. The molecular weight excluding hydrogens is 198 g/mol. The molecule has 1 aromatic heterocycles. The Labute approximate surface area is 87.7 Å². The summed E-state index contributed by atoms with van der Waals surface area (Å²) in [5, 5.41) is 2.09. The average Bonchev–Trinajstić information content (AvgIpc) is 2.59. The summed E-state index contributed by atoms with van der Waals surface area (Å²) in [7, 11) is 0. The van der Waals surface area contributed by atoms with E-state index in [9.17, 15) is 0 Å². The van der Waals surface area contributed by atoms with E-state index in [4.69, 9.17) is 5.73 Å². The van der Waals surface area contributed by atoms with Gasteiger partial charge in [-0.3, -0.25) is 0 Å². The van der Waals surface area contributed by atoms with Gasteiger partial charge in [-0.2, -0.15) is 11.8 Å². The fraction of sp³-hybridized carbons (Fsp3) is 0.400. The van der Waals surface area contributed by atoms with Crippen molar-refractivity contribution < 1.29 is 0 Å². The third-order valence-corrected chi connectivity index (χ3v) is 3.48. The summed E-state index contributed by atoms with van der Waals surface area (Å²) in [5.74, 6) is 8.15. The van der Waals surface area contributed by atoms with Crippen LogP contribution in [-0.4, -0.2) is 12.3 Å². The maximum atomic E-state index is 5.29. The van der Waals surface area contributed by atoms with Gasteiger partial charge in [0.2, 0.25) is 0 Å². The largest absolute Gasteiger partial charge is 0.320 e. The number of rotatable bonds is 3. The van der Waals surface area contributed by atoms with Crippen LogP contribution in [-0.2, 0) is 5.75 Å².